The van der Waals surface area contributed by atoms with E-state index in [0.29, 0.717) is 35.5 Å². The smallest absolute Gasteiger partial charge is 0.162 e. The normalized spacial score (nSPS) is 35.8. The molecular weight excluding hydrogens is 445 g/mol. The van der Waals surface area contributed by atoms with Gasteiger partial charge in [0.05, 0.1) is 12.7 Å². The summed E-state index contributed by atoms with van der Waals surface area (Å²) in [6.45, 7) is 2.76. The molecule has 4 heteroatoms. The summed E-state index contributed by atoms with van der Waals surface area (Å²) in [6, 6.07) is 3.76. The van der Waals surface area contributed by atoms with E-state index in [1.54, 1.807) is 0 Å². The van der Waals surface area contributed by atoms with Crippen molar-refractivity contribution < 1.29 is 17.9 Å². The van der Waals surface area contributed by atoms with E-state index in [2.05, 4.69) is 12.2 Å². The van der Waals surface area contributed by atoms with Gasteiger partial charge in [-0.1, -0.05) is 24.3 Å². The van der Waals surface area contributed by atoms with Crippen molar-refractivity contribution in [2.24, 2.45) is 23.7 Å². The number of ether oxygens (including phenoxy) is 1. The lowest BCUT2D eigenvalue weighted by molar-refractivity contribution is 0.258. The van der Waals surface area contributed by atoms with Gasteiger partial charge in [-0.25, -0.2) is 13.2 Å². The van der Waals surface area contributed by atoms with Gasteiger partial charge in [0.1, 0.15) is 5.83 Å². The molecule has 3 fully saturated rings. The fourth-order valence-electron chi connectivity index (χ4n) is 7.16. The van der Waals surface area contributed by atoms with Crippen molar-refractivity contribution in [3.05, 3.63) is 58.9 Å². The summed E-state index contributed by atoms with van der Waals surface area (Å²) >= 11 is 0. The van der Waals surface area contributed by atoms with Crippen LogP contribution in [0.15, 0.2) is 36.2 Å². The van der Waals surface area contributed by atoms with Gasteiger partial charge in [0, 0.05) is 5.92 Å². The Bertz CT molecular complexity index is 917. The lowest BCUT2D eigenvalue weighted by atomic mass is 9.74. The van der Waals surface area contributed by atoms with Gasteiger partial charge in [0.25, 0.3) is 0 Å². The molecule has 0 bridgehead atoms. The highest BCUT2D eigenvalue weighted by Gasteiger charge is 2.38. The van der Waals surface area contributed by atoms with Crippen molar-refractivity contribution in [2.75, 3.05) is 6.61 Å². The third kappa shape index (κ3) is 5.89. The van der Waals surface area contributed by atoms with Crippen molar-refractivity contribution in [1.29, 1.82) is 0 Å². The average Bonchev–Trinajstić information content (AvgIpc) is 3.71. The van der Waals surface area contributed by atoms with E-state index in [1.807, 2.05) is 25.1 Å². The standard InChI is InChI=1S/C31H41F3O/c1-2-3-20-6-11-23(12-7-20)25-16-17-26(31(34)30(25)33)24-13-8-21(9-14-24)4-5-22-10-15-27(28(32)18-22)29-19-35-29/h2-3,16-18,20-24,27,29H,4-15,19H2,1H3/b3-2+. The van der Waals surface area contributed by atoms with Crippen LogP contribution >= 0.6 is 0 Å². The predicted octanol–water partition coefficient (Wildman–Crippen LogP) is 9.15. The number of hydrogen-bond donors (Lipinski definition) is 0. The largest absolute Gasteiger partial charge is 0.372 e. The second-order valence-corrected chi connectivity index (χ2v) is 11.7. The summed E-state index contributed by atoms with van der Waals surface area (Å²) in [6.07, 6.45) is 18.4. The number of allylic oxidation sites excluding steroid dienone is 3. The molecule has 2 saturated carbocycles. The fourth-order valence-corrected chi connectivity index (χ4v) is 7.16. The second-order valence-electron chi connectivity index (χ2n) is 11.7. The van der Waals surface area contributed by atoms with Crippen molar-refractivity contribution in [3.63, 3.8) is 0 Å². The number of hydrogen-bond acceptors (Lipinski definition) is 1. The molecule has 1 aliphatic heterocycles. The van der Waals surface area contributed by atoms with Crippen LogP contribution in [0.5, 0.6) is 0 Å². The quantitative estimate of drug-likeness (QED) is 0.276. The molecule has 0 N–H and O–H groups in total. The van der Waals surface area contributed by atoms with Gasteiger partial charge in [-0.3, -0.25) is 0 Å². The van der Waals surface area contributed by atoms with Crippen LogP contribution in [0.1, 0.15) is 107 Å². The number of rotatable bonds is 7. The molecule has 1 nitrogen and oxygen atoms in total. The lowest BCUT2D eigenvalue weighted by Gasteiger charge is -2.31. The maximum absolute atomic E-state index is 15.2. The van der Waals surface area contributed by atoms with Gasteiger partial charge in [-0.05, 0) is 131 Å². The van der Waals surface area contributed by atoms with Crippen LogP contribution in [-0.2, 0) is 4.74 Å². The first-order valence-corrected chi connectivity index (χ1v) is 14.1. The molecule has 1 heterocycles. The molecule has 35 heavy (non-hydrogen) atoms. The van der Waals surface area contributed by atoms with Crippen molar-refractivity contribution in [1.82, 2.24) is 0 Å². The monoisotopic (exact) mass is 486 g/mol. The van der Waals surface area contributed by atoms with Gasteiger partial charge < -0.3 is 4.74 Å². The predicted molar refractivity (Wildman–Crippen MR) is 135 cm³/mol. The molecule has 3 atom stereocenters. The highest BCUT2D eigenvalue weighted by molar-refractivity contribution is 5.32. The third-order valence-corrected chi connectivity index (χ3v) is 9.46. The van der Waals surface area contributed by atoms with Crippen molar-refractivity contribution in [3.8, 4) is 0 Å². The number of epoxide rings is 1. The highest BCUT2D eigenvalue weighted by Crippen LogP contribution is 2.43. The molecule has 0 radical (unpaired) electrons. The highest BCUT2D eigenvalue weighted by atomic mass is 19.2. The minimum Gasteiger partial charge on any atom is -0.372 e. The summed E-state index contributed by atoms with van der Waals surface area (Å²) < 4.78 is 50.0. The molecule has 0 aromatic heterocycles. The Morgan fingerprint density at radius 3 is 1.94 bits per heavy atom. The van der Waals surface area contributed by atoms with Crippen LogP contribution in [0, 0.1) is 35.3 Å². The minimum absolute atomic E-state index is 0.00314. The first-order valence-electron chi connectivity index (χ1n) is 14.1. The Morgan fingerprint density at radius 2 is 1.40 bits per heavy atom. The fraction of sp³-hybridized carbons (Fsp3) is 0.677. The summed E-state index contributed by atoms with van der Waals surface area (Å²) in [5.74, 6) is 0.644. The zero-order valence-electron chi connectivity index (χ0n) is 21.2. The summed E-state index contributed by atoms with van der Waals surface area (Å²) in [4.78, 5) is 0. The zero-order valence-corrected chi connectivity index (χ0v) is 21.2. The Kier molecular flexibility index (Phi) is 8.06. The van der Waals surface area contributed by atoms with Gasteiger partial charge in [-0.15, -0.1) is 0 Å². The van der Waals surface area contributed by atoms with Crippen LogP contribution < -0.4 is 0 Å². The first-order chi connectivity index (χ1) is 17.0. The van der Waals surface area contributed by atoms with E-state index in [1.165, 1.54) is 0 Å². The Balaban J connectivity index is 1.11. The SMILES string of the molecule is C/C=C/C1CCC(c2ccc(C3CCC(CCC4C=C(F)C(C5CO5)CC4)CC3)c(F)c2F)CC1. The van der Waals surface area contributed by atoms with E-state index in [0.717, 1.165) is 77.0 Å². The van der Waals surface area contributed by atoms with E-state index >= 15 is 8.78 Å². The summed E-state index contributed by atoms with van der Waals surface area (Å²) in [5, 5.41) is 0. The molecule has 3 aliphatic carbocycles. The maximum Gasteiger partial charge on any atom is 0.162 e. The maximum atomic E-state index is 15.2. The van der Waals surface area contributed by atoms with Crippen LogP contribution in [0.25, 0.3) is 0 Å². The number of benzene rings is 1. The molecule has 192 valence electrons. The Hall–Kier alpha value is -1.55. The molecule has 4 aliphatic rings. The van der Waals surface area contributed by atoms with Crippen LogP contribution in [0.4, 0.5) is 13.2 Å². The zero-order chi connectivity index (χ0) is 24.4. The molecule has 5 rings (SSSR count). The number of halogens is 3. The van der Waals surface area contributed by atoms with E-state index in [4.69, 9.17) is 4.74 Å². The minimum atomic E-state index is -0.599. The summed E-state index contributed by atoms with van der Waals surface area (Å²) in [7, 11) is 0. The van der Waals surface area contributed by atoms with Crippen molar-refractivity contribution >= 4 is 0 Å². The second kappa shape index (κ2) is 11.2. The van der Waals surface area contributed by atoms with Gasteiger partial charge >= 0.3 is 0 Å². The average molecular weight is 487 g/mol. The Morgan fingerprint density at radius 1 is 0.800 bits per heavy atom. The Labute approximate surface area is 209 Å². The lowest BCUT2D eigenvalue weighted by Crippen LogP contribution is -2.19. The van der Waals surface area contributed by atoms with Crippen LogP contribution in [0.2, 0.25) is 0 Å². The van der Waals surface area contributed by atoms with Crippen LogP contribution in [0.3, 0.4) is 0 Å². The summed E-state index contributed by atoms with van der Waals surface area (Å²) in [5.41, 5.74) is 1.17. The first kappa shape index (κ1) is 25.1. The van der Waals surface area contributed by atoms with E-state index in [-0.39, 0.29) is 29.7 Å². The molecular formula is C31H41F3O. The molecule has 0 amide bonds. The third-order valence-electron chi connectivity index (χ3n) is 9.46. The van der Waals surface area contributed by atoms with Gasteiger partial charge in [0.2, 0.25) is 0 Å². The molecule has 0 spiro atoms. The van der Waals surface area contributed by atoms with Gasteiger partial charge in [0.15, 0.2) is 11.6 Å². The van der Waals surface area contributed by atoms with Crippen LogP contribution in [-0.4, -0.2) is 12.7 Å². The van der Waals surface area contributed by atoms with E-state index in [9.17, 15) is 4.39 Å². The molecule has 1 saturated heterocycles. The van der Waals surface area contributed by atoms with Crippen molar-refractivity contribution in [2.45, 2.75) is 102 Å². The molecule has 1 aromatic rings. The topological polar surface area (TPSA) is 12.5 Å². The molecule has 1 aromatic carbocycles. The van der Waals surface area contributed by atoms with Gasteiger partial charge in [-0.2, -0.15) is 0 Å². The van der Waals surface area contributed by atoms with E-state index < -0.39 is 11.6 Å². The molecule has 3 unspecified atom stereocenters.